The molecule has 0 saturated heterocycles. The van der Waals surface area contributed by atoms with Crippen LogP contribution in [0.2, 0.25) is 0 Å². The van der Waals surface area contributed by atoms with Gasteiger partial charge in [0.05, 0.1) is 25.5 Å². The number of rotatable bonds is 6. The molecule has 0 aliphatic carbocycles. The van der Waals surface area contributed by atoms with Crippen molar-refractivity contribution in [3.05, 3.63) is 65.2 Å². The van der Waals surface area contributed by atoms with Crippen LogP contribution in [0.4, 0.5) is 0 Å². The number of hydrogen-bond donors (Lipinski definition) is 0. The Morgan fingerprint density at radius 1 is 1.04 bits per heavy atom. The van der Waals surface area contributed by atoms with Gasteiger partial charge in [-0.25, -0.2) is 4.98 Å². The van der Waals surface area contributed by atoms with Crippen molar-refractivity contribution in [1.82, 2.24) is 9.55 Å². The predicted molar refractivity (Wildman–Crippen MR) is 102 cm³/mol. The van der Waals surface area contributed by atoms with Gasteiger partial charge in [0.1, 0.15) is 17.6 Å². The highest BCUT2D eigenvalue weighted by molar-refractivity contribution is 5.55. The lowest BCUT2D eigenvalue weighted by Crippen LogP contribution is -2.02. The minimum Gasteiger partial charge on any atom is -0.493 e. The number of benzene rings is 2. The Hall–Kier alpha value is -3.46. The molecule has 6 heteroatoms. The van der Waals surface area contributed by atoms with Gasteiger partial charge in [0.2, 0.25) is 5.75 Å². The van der Waals surface area contributed by atoms with E-state index in [1.54, 1.807) is 32.4 Å². The number of hydrogen-bond acceptors (Lipinski definition) is 5. The van der Waals surface area contributed by atoms with Crippen molar-refractivity contribution in [3.8, 4) is 29.1 Å². The van der Waals surface area contributed by atoms with E-state index in [0.29, 0.717) is 35.1 Å². The first kappa shape index (κ1) is 18.3. The van der Waals surface area contributed by atoms with E-state index >= 15 is 0 Å². The van der Waals surface area contributed by atoms with Crippen molar-refractivity contribution in [2.24, 2.45) is 0 Å². The van der Waals surface area contributed by atoms with E-state index in [2.05, 4.69) is 15.6 Å². The van der Waals surface area contributed by atoms with E-state index in [1.165, 1.54) is 0 Å². The van der Waals surface area contributed by atoms with Crippen LogP contribution in [-0.2, 0) is 6.54 Å². The lowest BCUT2D eigenvalue weighted by molar-refractivity contribution is 0.336. The van der Waals surface area contributed by atoms with E-state index in [-0.39, 0.29) is 0 Å². The Labute approximate surface area is 158 Å². The minimum atomic E-state index is 0.446. The molecule has 27 heavy (non-hydrogen) atoms. The van der Waals surface area contributed by atoms with Gasteiger partial charge in [0.25, 0.3) is 0 Å². The van der Waals surface area contributed by atoms with Crippen LogP contribution in [0.3, 0.4) is 0 Å². The van der Waals surface area contributed by atoms with Crippen LogP contribution in [0, 0.1) is 25.2 Å². The summed E-state index contributed by atoms with van der Waals surface area (Å²) in [6.07, 6.45) is 2.00. The summed E-state index contributed by atoms with van der Waals surface area (Å²) < 4.78 is 18.8. The van der Waals surface area contributed by atoms with Gasteiger partial charge in [0.15, 0.2) is 11.5 Å². The second kappa shape index (κ2) is 7.83. The molecule has 0 N–H and O–H groups in total. The van der Waals surface area contributed by atoms with E-state index < -0.39 is 0 Å². The van der Waals surface area contributed by atoms with Crippen molar-refractivity contribution in [3.63, 3.8) is 0 Å². The highest BCUT2D eigenvalue weighted by Gasteiger charge is 2.14. The third-order valence-electron chi connectivity index (χ3n) is 4.20. The van der Waals surface area contributed by atoms with Gasteiger partial charge in [0, 0.05) is 12.7 Å². The van der Waals surface area contributed by atoms with E-state index in [1.807, 2.05) is 38.2 Å². The van der Waals surface area contributed by atoms with Crippen LogP contribution in [-0.4, -0.2) is 23.8 Å². The Kier molecular flexibility index (Phi) is 5.32. The summed E-state index contributed by atoms with van der Waals surface area (Å²) in [5, 5.41) is 9.45. The number of methoxy groups -OCH3 is 2. The Morgan fingerprint density at radius 2 is 1.81 bits per heavy atom. The van der Waals surface area contributed by atoms with Gasteiger partial charge < -0.3 is 18.8 Å². The first-order chi connectivity index (χ1) is 13.0. The molecular formula is C21H21N3O3. The lowest BCUT2D eigenvalue weighted by atomic mass is 10.1. The highest BCUT2D eigenvalue weighted by atomic mass is 16.5. The molecule has 138 valence electrons. The number of nitrogens with zero attached hydrogens (tertiary/aromatic N) is 3. The van der Waals surface area contributed by atoms with Crippen LogP contribution in [0.5, 0.6) is 23.0 Å². The zero-order valence-corrected chi connectivity index (χ0v) is 15.8. The van der Waals surface area contributed by atoms with Gasteiger partial charge in [-0.2, -0.15) is 5.26 Å². The molecule has 0 unspecified atom stereocenters. The Morgan fingerprint density at radius 3 is 2.44 bits per heavy atom. The Bertz CT molecular complexity index is 1000. The molecule has 0 aliphatic heterocycles. The number of aryl methyl sites for hydroxylation is 2. The fourth-order valence-corrected chi connectivity index (χ4v) is 2.92. The van der Waals surface area contributed by atoms with Crippen LogP contribution < -0.4 is 14.2 Å². The van der Waals surface area contributed by atoms with Crippen molar-refractivity contribution < 1.29 is 14.2 Å². The van der Waals surface area contributed by atoms with Crippen molar-refractivity contribution in [2.45, 2.75) is 20.4 Å². The van der Waals surface area contributed by atoms with Gasteiger partial charge in [-0.15, -0.1) is 0 Å². The molecule has 0 atom stereocenters. The summed E-state index contributed by atoms with van der Waals surface area (Å²) in [6.45, 7) is 4.57. The maximum absolute atomic E-state index is 9.45. The first-order valence-corrected chi connectivity index (χ1v) is 8.48. The third-order valence-corrected chi connectivity index (χ3v) is 4.20. The third kappa shape index (κ3) is 3.87. The number of imidazole rings is 1. The molecule has 1 aromatic heterocycles. The molecular weight excluding hydrogens is 342 g/mol. The maximum Gasteiger partial charge on any atom is 0.203 e. The van der Waals surface area contributed by atoms with Gasteiger partial charge in [-0.3, -0.25) is 0 Å². The topological polar surface area (TPSA) is 69.3 Å². The molecule has 1 heterocycles. The van der Waals surface area contributed by atoms with Gasteiger partial charge in [-0.1, -0.05) is 12.1 Å². The molecule has 3 aromatic rings. The van der Waals surface area contributed by atoms with E-state index in [4.69, 9.17) is 14.2 Å². The lowest BCUT2D eigenvalue weighted by Gasteiger charge is -2.15. The number of aromatic nitrogens is 2. The molecule has 0 radical (unpaired) electrons. The van der Waals surface area contributed by atoms with Gasteiger partial charge >= 0.3 is 0 Å². The second-order valence-corrected chi connectivity index (χ2v) is 6.09. The predicted octanol–water partition coefficient (Wildman–Crippen LogP) is 4.23. The van der Waals surface area contributed by atoms with Crippen LogP contribution in [0.25, 0.3) is 0 Å². The number of nitriles is 1. The van der Waals surface area contributed by atoms with Crippen LogP contribution in [0.15, 0.2) is 42.6 Å². The van der Waals surface area contributed by atoms with Crippen molar-refractivity contribution in [2.75, 3.05) is 14.2 Å². The SMILES string of the molecule is COc1cccc(Oc2cc(Cn3cc(C)nc3C)ccc2C#N)c1OC. The molecule has 0 fully saturated rings. The average molecular weight is 363 g/mol. The molecule has 0 aliphatic rings. The molecule has 0 spiro atoms. The zero-order valence-electron chi connectivity index (χ0n) is 15.8. The standard InChI is InChI=1S/C21H21N3O3/c1-14-12-24(15(2)23-14)13-16-8-9-17(11-22)20(10-16)27-19-7-5-6-18(25-3)21(19)26-4/h5-10,12H,13H2,1-4H3. The molecule has 6 nitrogen and oxygen atoms in total. The summed E-state index contributed by atoms with van der Waals surface area (Å²) in [6, 6.07) is 13.1. The molecule has 3 rings (SSSR count). The summed E-state index contributed by atoms with van der Waals surface area (Å²) >= 11 is 0. The number of para-hydroxylation sites is 1. The van der Waals surface area contributed by atoms with Crippen molar-refractivity contribution in [1.29, 1.82) is 5.26 Å². The normalized spacial score (nSPS) is 10.3. The monoisotopic (exact) mass is 363 g/mol. The minimum absolute atomic E-state index is 0.446. The first-order valence-electron chi connectivity index (χ1n) is 8.48. The van der Waals surface area contributed by atoms with E-state index in [9.17, 15) is 5.26 Å². The molecule has 0 amide bonds. The van der Waals surface area contributed by atoms with Crippen LogP contribution in [0.1, 0.15) is 22.6 Å². The van der Waals surface area contributed by atoms with Gasteiger partial charge in [-0.05, 0) is 43.7 Å². The maximum atomic E-state index is 9.45. The smallest absolute Gasteiger partial charge is 0.203 e. The highest BCUT2D eigenvalue weighted by Crippen LogP contribution is 2.40. The largest absolute Gasteiger partial charge is 0.493 e. The molecule has 0 bridgehead atoms. The zero-order chi connectivity index (χ0) is 19.4. The summed E-state index contributed by atoms with van der Waals surface area (Å²) in [7, 11) is 3.12. The van der Waals surface area contributed by atoms with E-state index in [0.717, 1.165) is 17.1 Å². The summed E-state index contributed by atoms with van der Waals surface area (Å²) in [5.74, 6) is 2.94. The molecule has 0 saturated carbocycles. The fourth-order valence-electron chi connectivity index (χ4n) is 2.92. The Balaban J connectivity index is 1.96. The van der Waals surface area contributed by atoms with Crippen LogP contribution >= 0.6 is 0 Å². The summed E-state index contributed by atoms with van der Waals surface area (Å²) in [5.41, 5.74) is 2.42. The summed E-state index contributed by atoms with van der Waals surface area (Å²) in [4.78, 5) is 4.42. The fraction of sp³-hybridized carbons (Fsp3) is 0.238. The quantitative estimate of drug-likeness (QED) is 0.655. The number of ether oxygens (including phenoxy) is 3. The molecule has 2 aromatic carbocycles. The van der Waals surface area contributed by atoms with Crippen molar-refractivity contribution >= 4 is 0 Å². The average Bonchev–Trinajstić information content (AvgIpc) is 2.98. The second-order valence-electron chi connectivity index (χ2n) is 6.09.